The Morgan fingerprint density at radius 3 is 1.72 bits per heavy atom. The minimum Gasteiger partial charge on any atom is -0.462 e. The maximum absolute atomic E-state index is 12.4. The molecule has 0 radical (unpaired) electrons. The van der Waals surface area contributed by atoms with Gasteiger partial charge in [0.25, 0.3) is 0 Å². The van der Waals surface area contributed by atoms with Crippen molar-refractivity contribution in [2.75, 3.05) is 13.2 Å². The van der Waals surface area contributed by atoms with Crippen molar-refractivity contribution in [3.63, 3.8) is 0 Å². The molecule has 0 aromatic heterocycles. The van der Waals surface area contributed by atoms with Crippen LogP contribution in [0.2, 0.25) is 0 Å². The Labute approximate surface area is 200 Å². The van der Waals surface area contributed by atoms with Gasteiger partial charge in [-0.25, -0.2) is 0 Å². The lowest BCUT2D eigenvalue weighted by atomic mass is 10.0. The third-order valence-electron chi connectivity index (χ3n) is 6.38. The fourth-order valence-electron chi connectivity index (χ4n) is 4.15. The Morgan fingerprint density at radius 2 is 1.19 bits per heavy atom. The molecule has 0 heterocycles. The van der Waals surface area contributed by atoms with E-state index in [1.165, 1.54) is 89.9 Å². The van der Waals surface area contributed by atoms with E-state index >= 15 is 0 Å². The van der Waals surface area contributed by atoms with Crippen molar-refractivity contribution in [2.45, 2.75) is 161 Å². The average molecular weight is 456 g/mol. The first-order valence-corrected chi connectivity index (χ1v) is 14.2. The fourth-order valence-corrected chi connectivity index (χ4v) is 4.15. The number of hydrogen-bond donors (Lipinski definition) is 2. The molecular formula is C28H57NO3. The summed E-state index contributed by atoms with van der Waals surface area (Å²) in [6, 6.07) is 0.186. The molecule has 0 saturated heterocycles. The molecule has 4 nitrogen and oxygen atoms in total. The van der Waals surface area contributed by atoms with Crippen LogP contribution in [0.15, 0.2) is 0 Å². The Kier molecular flexibility index (Phi) is 24.5. The predicted molar refractivity (Wildman–Crippen MR) is 138 cm³/mol. The third-order valence-corrected chi connectivity index (χ3v) is 6.38. The van der Waals surface area contributed by atoms with Gasteiger partial charge >= 0.3 is 5.97 Å². The monoisotopic (exact) mass is 455 g/mol. The standard InChI is InChI=1S/C28H57NO3/c1-4-6-8-10-13-17-21-27(22-18-14-11-9-7-5-2)32-28(31)23-19-15-12-16-20-24-29-26(3)25-30/h26-27,29-30H,4-25H2,1-3H3. The summed E-state index contributed by atoms with van der Waals surface area (Å²) < 4.78 is 5.92. The minimum absolute atomic E-state index is 0.0189. The van der Waals surface area contributed by atoms with Crippen LogP contribution in [0.1, 0.15) is 149 Å². The van der Waals surface area contributed by atoms with Crippen LogP contribution in [0.4, 0.5) is 0 Å². The average Bonchev–Trinajstić information content (AvgIpc) is 2.79. The SMILES string of the molecule is CCCCCCCCC(CCCCCCCC)OC(=O)CCCCCCCNC(C)CO. The highest BCUT2D eigenvalue weighted by atomic mass is 16.5. The molecule has 0 saturated carbocycles. The van der Waals surface area contributed by atoms with E-state index in [0.29, 0.717) is 6.42 Å². The van der Waals surface area contributed by atoms with E-state index in [0.717, 1.165) is 38.6 Å². The van der Waals surface area contributed by atoms with Crippen molar-refractivity contribution in [1.82, 2.24) is 5.32 Å². The Bertz CT molecular complexity index is 373. The molecule has 0 spiro atoms. The highest BCUT2D eigenvalue weighted by molar-refractivity contribution is 5.69. The van der Waals surface area contributed by atoms with Gasteiger partial charge in [0.15, 0.2) is 0 Å². The van der Waals surface area contributed by atoms with Gasteiger partial charge in [0.2, 0.25) is 0 Å². The van der Waals surface area contributed by atoms with Gasteiger partial charge in [-0.1, -0.05) is 97.3 Å². The molecule has 0 aliphatic rings. The van der Waals surface area contributed by atoms with Crippen LogP contribution in [0.5, 0.6) is 0 Å². The first kappa shape index (κ1) is 31.4. The predicted octanol–water partition coefficient (Wildman–Crippen LogP) is 7.71. The molecule has 0 aromatic carbocycles. The summed E-state index contributed by atoms with van der Waals surface area (Å²) in [7, 11) is 0. The van der Waals surface area contributed by atoms with Crippen LogP contribution in [-0.2, 0) is 9.53 Å². The molecule has 0 amide bonds. The summed E-state index contributed by atoms with van der Waals surface area (Å²) in [5, 5.41) is 12.3. The number of carbonyl (C=O) groups excluding carboxylic acids is 1. The number of unbranched alkanes of at least 4 members (excludes halogenated alkanes) is 14. The van der Waals surface area contributed by atoms with Crippen LogP contribution in [0.3, 0.4) is 0 Å². The number of nitrogens with one attached hydrogen (secondary N) is 1. The van der Waals surface area contributed by atoms with Crippen LogP contribution in [0.25, 0.3) is 0 Å². The zero-order valence-corrected chi connectivity index (χ0v) is 22.0. The molecule has 32 heavy (non-hydrogen) atoms. The molecule has 4 heteroatoms. The number of carbonyl (C=O) groups is 1. The van der Waals surface area contributed by atoms with E-state index in [4.69, 9.17) is 9.84 Å². The van der Waals surface area contributed by atoms with E-state index in [1.807, 2.05) is 6.92 Å². The quantitative estimate of drug-likeness (QED) is 0.109. The van der Waals surface area contributed by atoms with Gasteiger partial charge in [-0.15, -0.1) is 0 Å². The molecule has 0 fully saturated rings. The number of aliphatic hydroxyl groups excluding tert-OH is 1. The lowest BCUT2D eigenvalue weighted by Crippen LogP contribution is -2.29. The maximum atomic E-state index is 12.4. The Hall–Kier alpha value is -0.610. The number of hydrogen-bond acceptors (Lipinski definition) is 4. The topological polar surface area (TPSA) is 58.6 Å². The van der Waals surface area contributed by atoms with Gasteiger partial charge < -0.3 is 15.2 Å². The van der Waals surface area contributed by atoms with Crippen molar-refractivity contribution in [1.29, 1.82) is 0 Å². The molecule has 1 atom stereocenters. The lowest BCUT2D eigenvalue weighted by molar-refractivity contribution is -0.150. The van der Waals surface area contributed by atoms with Crippen molar-refractivity contribution < 1.29 is 14.6 Å². The van der Waals surface area contributed by atoms with Gasteiger partial charge in [0.1, 0.15) is 6.10 Å². The number of rotatable bonds is 25. The van der Waals surface area contributed by atoms with Crippen molar-refractivity contribution in [2.24, 2.45) is 0 Å². The molecule has 1 unspecified atom stereocenters. The number of esters is 1. The summed E-state index contributed by atoms with van der Waals surface area (Å²) in [6.45, 7) is 7.67. The first-order chi connectivity index (χ1) is 15.6. The molecule has 2 N–H and O–H groups in total. The zero-order chi connectivity index (χ0) is 23.7. The highest BCUT2D eigenvalue weighted by Gasteiger charge is 2.14. The normalized spacial score (nSPS) is 12.4. The molecular weight excluding hydrogens is 398 g/mol. The van der Waals surface area contributed by atoms with E-state index in [1.54, 1.807) is 0 Å². The molecule has 0 aliphatic heterocycles. The van der Waals surface area contributed by atoms with Crippen LogP contribution >= 0.6 is 0 Å². The van der Waals surface area contributed by atoms with Crippen molar-refractivity contribution in [3.8, 4) is 0 Å². The molecule has 192 valence electrons. The van der Waals surface area contributed by atoms with E-state index < -0.39 is 0 Å². The third kappa shape index (κ3) is 22.6. The zero-order valence-electron chi connectivity index (χ0n) is 22.0. The lowest BCUT2D eigenvalue weighted by Gasteiger charge is -2.18. The highest BCUT2D eigenvalue weighted by Crippen LogP contribution is 2.18. The fraction of sp³-hybridized carbons (Fsp3) is 0.964. The van der Waals surface area contributed by atoms with Gasteiger partial charge in [-0.3, -0.25) is 4.79 Å². The molecule has 0 rings (SSSR count). The van der Waals surface area contributed by atoms with Crippen molar-refractivity contribution in [3.05, 3.63) is 0 Å². The van der Waals surface area contributed by atoms with E-state index in [2.05, 4.69) is 19.2 Å². The summed E-state index contributed by atoms with van der Waals surface area (Å²) in [4.78, 5) is 12.4. The second kappa shape index (κ2) is 25.0. The van der Waals surface area contributed by atoms with Gasteiger partial charge in [0, 0.05) is 12.5 Å². The largest absolute Gasteiger partial charge is 0.462 e. The van der Waals surface area contributed by atoms with Gasteiger partial charge in [0.05, 0.1) is 6.61 Å². The summed E-state index contributed by atoms with van der Waals surface area (Å²) in [6.07, 6.45) is 23.9. The second-order valence-electron chi connectivity index (χ2n) is 9.78. The van der Waals surface area contributed by atoms with Gasteiger partial charge in [-0.2, -0.15) is 0 Å². The number of ether oxygens (including phenoxy) is 1. The summed E-state index contributed by atoms with van der Waals surface area (Å²) in [5.74, 6) is 0.0189. The summed E-state index contributed by atoms with van der Waals surface area (Å²) in [5.41, 5.74) is 0. The molecule has 0 bridgehead atoms. The summed E-state index contributed by atoms with van der Waals surface area (Å²) >= 11 is 0. The number of aliphatic hydroxyl groups is 1. The Balaban J connectivity index is 3.96. The second-order valence-corrected chi connectivity index (χ2v) is 9.78. The van der Waals surface area contributed by atoms with E-state index in [9.17, 15) is 4.79 Å². The first-order valence-electron chi connectivity index (χ1n) is 14.2. The minimum atomic E-state index is 0.0189. The molecule has 0 aromatic rings. The van der Waals surface area contributed by atoms with Crippen LogP contribution in [-0.4, -0.2) is 36.4 Å². The van der Waals surface area contributed by atoms with E-state index in [-0.39, 0.29) is 24.7 Å². The van der Waals surface area contributed by atoms with Crippen molar-refractivity contribution >= 4 is 5.97 Å². The van der Waals surface area contributed by atoms with Crippen LogP contribution < -0.4 is 5.32 Å². The van der Waals surface area contributed by atoms with Crippen LogP contribution in [0, 0.1) is 0 Å². The smallest absolute Gasteiger partial charge is 0.306 e. The maximum Gasteiger partial charge on any atom is 0.306 e. The Morgan fingerprint density at radius 1 is 0.719 bits per heavy atom. The molecule has 0 aliphatic carbocycles. The van der Waals surface area contributed by atoms with Gasteiger partial charge in [-0.05, 0) is 52.0 Å².